The van der Waals surface area contributed by atoms with Crippen molar-refractivity contribution in [2.45, 2.75) is 32.6 Å². The minimum Gasteiger partial charge on any atom is -0.477 e. The maximum atomic E-state index is 13.6. The Morgan fingerprint density at radius 3 is 2.50 bits per heavy atom. The smallest absolute Gasteiger partial charge is 0.354 e. The molecule has 2 aliphatic rings. The molecule has 0 bridgehead atoms. The third-order valence-electron chi connectivity index (χ3n) is 7.43. The van der Waals surface area contributed by atoms with Gasteiger partial charge in [0.1, 0.15) is 5.82 Å². The maximum absolute atomic E-state index is 13.6. The van der Waals surface area contributed by atoms with Gasteiger partial charge in [0.15, 0.2) is 11.3 Å². The predicted octanol–water partition coefficient (Wildman–Crippen LogP) is 3.85. The largest absolute Gasteiger partial charge is 0.477 e. The summed E-state index contributed by atoms with van der Waals surface area (Å²) in [6.45, 7) is 11.1. The van der Waals surface area contributed by atoms with Crippen LogP contribution in [0.1, 0.15) is 48.8 Å². The van der Waals surface area contributed by atoms with E-state index < -0.39 is 5.97 Å². The summed E-state index contributed by atoms with van der Waals surface area (Å²) in [6.07, 6.45) is 2.56. The van der Waals surface area contributed by atoms with Crippen molar-refractivity contribution >= 4 is 22.7 Å². The number of piperidine rings is 1. The van der Waals surface area contributed by atoms with Gasteiger partial charge in [-0.05, 0) is 68.6 Å². The molecule has 1 atom stereocenters. The number of carbonyl (C=O) groups is 1. The molecule has 9 heteroatoms. The average Bonchev–Trinajstić information content (AvgIpc) is 3.24. The molecular formula is C27H35FN6O2. The number of hydrogen-bond donors (Lipinski definition) is 1. The molecule has 0 aliphatic carbocycles. The van der Waals surface area contributed by atoms with Gasteiger partial charge in [0.05, 0.1) is 22.5 Å². The van der Waals surface area contributed by atoms with Crippen LogP contribution in [0.25, 0.3) is 16.7 Å². The summed E-state index contributed by atoms with van der Waals surface area (Å²) in [4.78, 5) is 23.8. The van der Waals surface area contributed by atoms with Crippen molar-refractivity contribution in [1.82, 2.24) is 24.6 Å². The van der Waals surface area contributed by atoms with Crippen molar-refractivity contribution in [1.29, 1.82) is 0 Å². The number of likely N-dealkylation sites (tertiary alicyclic amines) is 1. The molecule has 2 saturated heterocycles. The first kappa shape index (κ1) is 24.6. The highest BCUT2D eigenvalue weighted by molar-refractivity contribution is 5.98. The van der Waals surface area contributed by atoms with Gasteiger partial charge in [0, 0.05) is 39.3 Å². The Kier molecular flexibility index (Phi) is 6.94. The topological polar surface area (TPSA) is 77.7 Å². The van der Waals surface area contributed by atoms with Crippen LogP contribution in [0.15, 0.2) is 30.3 Å². The Hall–Kier alpha value is -3.04. The van der Waals surface area contributed by atoms with Crippen LogP contribution in [0.4, 0.5) is 10.1 Å². The highest BCUT2D eigenvalue weighted by Crippen LogP contribution is 2.35. The molecule has 192 valence electrons. The number of aromatic carboxylic acids is 1. The molecule has 0 saturated carbocycles. The van der Waals surface area contributed by atoms with Gasteiger partial charge < -0.3 is 14.9 Å². The van der Waals surface area contributed by atoms with Gasteiger partial charge >= 0.3 is 5.97 Å². The highest BCUT2D eigenvalue weighted by atomic mass is 19.1. The van der Waals surface area contributed by atoms with Crippen LogP contribution >= 0.6 is 0 Å². The van der Waals surface area contributed by atoms with Gasteiger partial charge in [0.2, 0.25) is 0 Å². The van der Waals surface area contributed by atoms with E-state index in [-0.39, 0.29) is 17.4 Å². The summed E-state index contributed by atoms with van der Waals surface area (Å²) < 4.78 is 15.2. The van der Waals surface area contributed by atoms with Gasteiger partial charge in [0.25, 0.3) is 0 Å². The van der Waals surface area contributed by atoms with E-state index in [1.54, 1.807) is 22.9 Å². The van der Waals surface area contributed by atoms with Gasteiger partial charge in [-0.25, -0.2) is 18.9 Å². The van der Waals surface area contributed by atoms with E-state index in [0.717, 1.165) is 56.0 Å². The lowest BCUT2D eigenvalue weighted by Gasteiger charge is -2.39. The second-order valence-electron chi connectivity index (χ2n) is 10.5. The molecule has 1 N–H and O–H groups in total. The second kappa shape index (κ2) is 10.1. The predicted molar refractivity (Wildman–Crippen MR) is 139 cm³/mol. The molecule has 2 aromatic heterocycles. The van der Waals surface area contributed by atoms with E-state index in [1.165, 1.54) is 31.5 Å². The lowest BCUT2D eigenvalue weighted by atomic mass is 9.97. The summed E-state index contributed by atoms with van der Waals surface area (Å²) in [6, 6.07) is 7.73. The van der Waals surface area contributed by atoms with Crippen LogP contribution in [0, 0.1) is 11.7 Å². The molecular weight excluding hydrogens is 459 g/mol. The molecule has 4 heterocycles. The van der Waals surface area contributed by atoms with Gasteiger partial charge in [-0.2, -0.15) is 5.10 Å². The number of anilines is 1. The number of halogens is 1. The van der Waals surface area contributed by atoms with E-state index in [4.69, 9.17) is 5.10 Å². The normalized spacial score (nSPS) is 19.9. The Morgan fingerprint density at radius 1 is 1.14 bits per heavy atom. The van der Waals surface area contributed by atoms with Crippen LogP contribution < -0.4 is 4.90 Å². The van der Waals surface area contributed by atoms with Crippen LogP contribution in [0.5, 0.6) is 0 Å². The van der Waals surface area contributed by atoms with Crippen molar-refractivity contribution in [2.75, 3.05) is 57.8 Å². The SMILES string of the molecule is CC(C)c1nn(-c2ccc(F)cc2)c2nc(C(=O)O)cc(N3CCN(CC4CCCN(C)C4)CC3)c12. The first-order valence-corrected chi connectivity index (χ1v) is 12.9. The molecule has 3 aromatic rings. The Balaban J connectivity index is 1.48. The molecule has 0 spiro atoms. The average molecular weight is 495 g/mol. The van der Waals surface area contributed by atoms with E-state index >= 15 is 0 Å². The number of benzene rings is 1. The van der Waals surface area contributed by atoms with Crippen molar-refractivity contribution in [3.63, 3.8) is 0 Å². The molecule has 1 aromatic carbocycles. The number of aromatic nitrogens is 3. The summed E-state index contributed by atoms with van der Waals surface area (Å²) in [5, 5.41) is 15.6. The number of fused-ring (bicyclic) bond motifs is 1. The monoisotopic (exact) mass is 494 g/mol. The van der Waals surface area contributed by atoms with Gasteiger partial charge in [-0.3, -0.25) is 4.90 Å². The molecule has 2 aliphatic heterocycles. The molecule has 5 rings (SSSR count). The molecule has 1 unspecified atom stereocenters. The molecule has 36 heavy (non-hydrogen) atoms. The first-order valence-electron chi connectivity index (χ1n) is 12.9. The number of pyridine rings is 1. The molecule has 2 fully saturated rings. The summed E-state index contributed by atoms with van der Waals surface area (Å²) >= 11 is 0. The van der Waals surface area contributed by atoms with Gasteiger partial charge in [-0.1, -0.05) is 13.8 Å². The minimum absolute atomic E-state index is 0.0104. The number of hydrogen-bond acceptors (Lipinski definition) is 6. The standard InChI is InChI=1S/C27H35FN6O2/c1-18(2)25-24-23(33-13-11-32(12-14-33)17-19-5-4-10-31(3)16-19)15-22(27(35)36)29-26(24)34(30-25)21-8-6-20(28)7-9-21/h6-9,15,18-19H,4-5,10-14,16-17H2,1-3H3,(H,35,36). The zero-order valence-electron chi connectivity index (χ0n) is 21.3. The van der Waals surface area contributed by atoms with Crippen molar-refractivity contribution in [2.24, 2.45) is 5.92 Å². The number of carboxylic acids is 1. The van der Waals surface area contributed by atoms with E-state index in [1.807, 2.05) is 0 Å². The number of rotatable bonds is 6. The Morgan fingerprint density at radius 2 is 1.86 bits per heavy atom. The zero-order valence-corrected chi connectivity index (χ0v) is 21.3. The second-order valence-corrected chi connectivity index (χ2v) is 10.5. The fourth-order valence-corrected chi connectivity index (χ4v) is 5.61. The fraction of sp³-hybridized carbons (Fsp3) is 0.519. The molecule has 8 nitrogen and oxygen atoms in total. The van der Waals surface area contributed by atoms with Crippen molar-refractivity contribution in [3.05, 3.63) is 47.5 Å². The maximum Gasteiger partial charge on any atom is 0.354 e. The third-order valence-corrected chi connectivity index (χ3v) is 7.43. The zero-order chi connectivity index (χ0) is 25.4. The third kappa shape index (κ3) is 4.95. The number of nitrogens with zero attached hydrogens (tertiary/aromatic N) is 6. The fourth-order valence-electron chi connectivity index (χ4n) is 5.61. The van der Waals surface area contributed by atoms with Crippen LogP contribution in [-0.4, -0.2) is 88.5 Å². The first-order chi connectivity index (χ1) is 17.3. The minimum atomic E-state index is -1.07. The van der Waals surface area contributed by atoms with Crippen LogP contribution in [-0.2, 0) is 0 Å². The van der Waals surface area contributed by atoms with Gasteiger partial charge in [-0.15, -0.1) is 0 Å². The summed E-state index contributed by atoms with van der Waals surface area (Å²) in [7, 11) is 2.21. The van der Waals surface area contributed by atoms with Crippen LogP contribution in [0.2, 0.25) is 0 Å². The Bertz CT molecular complexity index is 1230. The van der Waals surface area contributed by atoms with E-state index in [0.29, 0.717) is 17.3 Å². The van der Waals surface area contributed by atoms with E-state index in [2.05, 4.69) is 40.6 Å². The van der Waals surface area contributed by atoms with Crippen LogP contribution in [0.3, 0.4) is 0 Å². The summed E-state index contributed by atoms with van der Waals surface area (Å²) in [5.41, 5.74) is 2.86. The van der Waals surface area contributed by atoms with E-state index in [9.17, 15) is 14.3 Å². The lowest BCUT2D eigenvalue weighted by Crippen LogP contribution is -2.49. The quantitative estimate of drug-likeness (QED) is 0.558. The number of carboxylic acid groups (broad SMARTS) is 1. The molecule has 0 radical (unpaired) electrons. The Labute approximate surface area is 211 Å². The van der Waals surface area contributed by atoms with Crippen molar-refractivity contribution < 1.29 is 14.3 Å². The lowest BCUT2D eigenvalue weighted by molar-refractivity contribution is 0.0691. The van der Waals surface area contributed by atoms with Crippen molar-refractivity contribution in [3.8, 4) is 5.69 Å². The number of piperazine rings is 1. The molecule has 0 amide bonds. The summed E-state index contributed by atoms with van der Waals surface area (Å²) in [5.74, 6) is -0.592. The highest BCUT2D eigenvalue weighted by Gasteiger charge is 2.28.